The number of carbonyl (C=O) groups excluding carboxylic acids is 2. The van der Waals surface area contributed by atoms with Crippen LogP contribution in [0.3, 0.4) is 0 Å². The van der Waals surface area contributed by atoms with E-state index in [1.165, 1.54) is 4.57 Å². The Kier molecular flexibility index (Phi) is 5.45. The Balaban J connectivity index is 1.52. The van der Waals surface area contributed by atoms with Gasteiger partial charge in [-0.25, -0.2) is 0 Å². The van der Waals surface area contributed by atoms with Gasteiger partial charge in [0.15, 0.2) is 0 Å². The summed E-state index contributed by atoms with van der Waals surface area (Å²) in [5.41, 5.74) is -0.197. The summed E-state index contributed by atoms with van der Waals surface area (Å²) in [7, 11) is 0. The van der Waals surface area contributed by atoms with Crippen LogP contribution in [0.25, 0.3) is 10.8 Å². The van der Waals surface area contributed by atoms with Crippen molar-refractivity contribution in [1.29, 1.82) is 0 Å². The number of rotatable bonds is 5. The highest BCUT2D eigenvalue weighted by Crippen LogP contribution is 2.07. The Morgan fingerprint density at radius 1 is 1.12 bits per heavy atom. The van der Waals surface area contributed by atoms with Gasteiger partial charge in [0.2, 0.25) is 11.8 Å². The fourth-order valence-electron chi connectivity index (χ4n) is 2.84. The normalized spacial score (nSPS) is 14.5. The third-order valence-electron chi connectivity index (χ3n) is 4.22. The number of carbonyl (C=O) groups is 2. The van der Waals surface area contributed by atoms with Gasteiger partial charge in [-0.3, -0.25) is 14.4 Å². The van der Waals surface area contributed by atoms with Gasteiger partial charge in [0.25, 0.3) is 5.56 Å². The SMILES string of the molecule is O=C(Cn1ccc2ccccc2c1=O)NCCC(=O)N1CCOCC1. The molecule has 25 heavy (non-hydrogen) atoms. The third-order valence-corrected chi connectivity index (χ3v) is 4.22. The number of ether oxygens (including phenoxy) is 1. The van der Waals surface area contributed by atoms with E-state index in [1.54, 1.807) is 23.2 Å². The molecule has 1 aromatic heterocycles. The van der Waals surface area contributed by atoms with Gasteiger partial charge < -0.3 is 19.5 Å². The van der Waals surface area contributed by atoms with Gasteiger partial charge in [0.1, 0.15) is 6.54 Å². The Labute approximate surface area is 145 Å². The molecule has 7 nitrogen and oxygen atoms in total. The average molecular weight is 343 g/mol. The number of benzene rings is 1. The maximum Gasteiger partial charge on any atom is 0.258 e. The molecule has 0 bridgehead atoms. The van der Waals surface area contributed by atoms with Crippen LogP contribution in [0.15, 0.2) is 41.3 Å². The van der Waals surface area contributed by atoms with Gasteiger partial charge >= 0.3 is 0 Å². The maximum atomic E-state index is 12.4. The van der Waals surface area contributed by atoms with Gasteiger partial charge in [-0.05, 0) is 17.5 Å². The molecule has 0 saturated carbocycles. The number of nitrogens with one attached hydrogen (secondary N) is 1. The summed E-state index contributed by atoms with van der Waals surface area (Å²) < 4.78 is 6.58. The molecule has 1 aromatic carbocycles. The lowest BCUT2D eigenvalue weighted by Crippen LogP contribution is -2.42. The quantitative estimate of drug-likeness (QED) is 0.850. The highest BCUT2D eigenvalue weighted by Gasteiger charge is 2.16. The fourth-order valence-corrected chi connectivity index (χ4v) is 2.84. The summed E-state index contributed by atoms with van der Waals surface area (Å²) in [4.78, 5) is 38.1. The molecule has 1 N–H and O–H groups in total. The molecule has 2 amide bonds. The maximum absolute atomic E-state index is 12.4. The molecule has 0 unspecified atom stereocenters. The van der Waals surface area contributed by atoms with Crippen molar-refractivity contribution in [2.45, 2.75) is 13.0 Å². The van der Waals surface area contributed by atoms with Gasteiger partial charge in [0, 0.05) is 37.6 Å². The minimum Gasteiger partial charge on any atom is -0.378 e. The lowest BCUT2D eigenvalue weighted by molar-refractivity contribution is -0.135. The Morgan fingerprint density at radius 2 is 1.88 bits per heavy atom. The van der Waals surface area contributed by atoms with Crippen molar-refractivity contribution < 1.29 is 14.3 Å². The zero-order valence-electron chi connectivity index (χ0n) is 13.9. The Hall–Kier alpha value is -2.67. The summed E-state index contributed by atoms with van der Waals surface area (Å²) in [5, 5.41) is 4.13. The number of hydrogen-bond donors (Lipinski definition) is 1. The van der Waals surface area contributed by atoms with Crippen molar-refractivity contribution in [3.8, 4) is 0 Å². The van der Waals surface area contributed by atoms with E-state index in [4.69, 9.17) is 4.74 Å². The van der Waals surface area contributed by atoms with Gasteiger partial charge in [0.05, 0.1) is 13.2 Å². The molecule has 0 atom stereocenters. The van der Waals surface area contributed by atoms with E-state index < -0.39 is 0 Å². The van der Waals surface area contributed by atoms with Crippen LogP contribution in [0, 0.1) is 0 Å². The topological polar surface area (TPSA) is 80.6 Å². The van der Waals surface area contributed by atoms with Crippen molar-refractivity contribution in [3.05, 3.63) is 46.9 Å². The van der Waals surface area contributed by atoms with Crippen molar-refractivity contribution in [1.82, 2.24) is 14.8 Å². The van der Waals surface area contributed by atoms with Crippen molar-refractivity contribution in [2.24, 2.45) is 0 Å². The smallest absolute Gasteiger partial charge is 0.258 e. The predicted molar refractivity (Wildman–Crippen MR) is 93.2 cm³/mol. The van der Waals surface area contributed by atoms with Crippen LogP contribution in [-0.4, -0.2) is 54.1 Å². The largest absolute Gasteiger partial charge is 0.378 e. The molecule has 2 heterocycles. The lowest BCUT2D eigenvalue weighted by atomic mass is 10.2. The number of amides is 2. The second-order valence-corrected chi connectivity index (χ2v) is 5.93. The van der Waals surface area contributed by atoms with Crippen molar-refractivity contribution in [3.63, 3.8) is 0 Å². The van der Waals surface area contributed by atoms with Crippen LogP contribution in [0.5, 0.6) is 0 Å². The average Bonchev–Trinajstić information content (AvgIpc) is 2.65. The van der Waals surface area contributed by atoms with Crippen LogP contribution in [0.4, 0.5) is 0 Å². The van der Waals surface area contributed by atoms with Crippen LogP contribution in [0.1, 0.15) is 6.42 Å². The highest BCUT2D eigenvalue weighted by molar-refractivity contribution is 5.82. The number of pyridine rings is 1. The molecule has 0 spiro atoms. The first-order valence-corrected chi connectivity index (χ1v) is 8.35. The van der Waals surface area contributed by atoms with Crippen LogP contribution < -0.4 is 10.9 Å². The molecule has 1 fully saturated rings. The zero-order chi connectivity index (χ0) is 17.6. The van der Waals surface area contributed by atoms with Gasteiger partial charge in [-0.1, -0.05) is 18.2 Å². The summed E-state index contributed by atoms with van der Waals surface area (Å²) in [6, 6.07) is 9.08. The van der Waals surface area contributed by atoms with Crippen LogP contribution >= 0.6 is 0 Å². The second-order valence-electron chi connectivity index (χ2n) is 5.93. The second kappa shape index (κ2) is 7.94. The minimum atomic E-state index is -0.285. The van der Waals surface area contributed by atoms with E-state index in [0.29, 0.717) is 31.7 Å². The van der Waals surface area contributed by atoms with Crippen molar-refractivity contribution >= 4 is 22.6 Å². The molecule has 3 rings (SSSR count). The monoisotopic (exact) mass is 343 g/mol. The number of hydrogen-bond acceptors (Lipinski definition) is 4. The molecule has 2 aromatic rings. The van der Waals surface area contributed by atoms with Crippen molar-refractivity contribution in [2.75, 3.05) is 32.8 Å². The number of aromatic nitrogens is 1. The standard InChI is InChI=1S/C18H21N3O4/c22-16(19-7-5-17(23)20-9-11-25-12-10-20)13-21-8-6-14-3-1-2-4-15(14)18(21)24/h1-4,6,8H,5,7,9-13H2,(H,19,22). The molecule has 0 radical (unpaired) electrons. The molecule has 1 saturated heterocycles. The van der Waals surface area contributed by atoms with Gasteiger partial charge in [-0.15, -0.1) is 0 Å². The molecular formula is C18H21N3O4. The zero-order valence-corrected chi connectivity index (χ0v) is 13.9. The number of morpholine rings is 1. The molecule has 0 aliphatic carbocycles. The highest BCUT2D eigenvalue weighted by atomic mass is 16.5. The summed E-state index contributed by atoms with van der Waals surface area (Å²) >= 11 is 0. The molecule has 1 aliphatic heterocycles. The summed E-state index contributed by atoms with van der Waals surface area (Å²) in [6.45, 7) is 2.51. The minimum absolute atomic E-state index is 0.00599. The van der Waals surface area contributed by atoms with Crippen LogP contribution in [0.2, 0.25) is 0 Å². The first-order valence-electron chi connectivity index (χ1n) is 8.35. The molecule has 7 heteroatoms. The van der Waals surface area contributed by atoms with E-state index in [2.05, 4.69) is 5.32 Å². The summed E-state index contributed by atoms with van der Waals surface area (Å²) in [5.74, 6) is -0.279. The first-order chi connectivity index (χ1) is 12.1. The van der Waals surface area contributed by atoms with E-state index in [1.807, 2.05) is 18.2 Å². The Morgan fingerprint density at radius 3 is 2.68 bits per heavy atom. The van der Waals surface area contributed by atoms with E-state index in [9.17, 15) is 14.4 Å². The van der Waals surface area contributed by atoms with Gasteiger partial charge in [-0.2, -0.15) is 0 Å². The van der Waals surface area contributed by atoms with E-state index in [-0.39, 0.29) is 36.9 Å². The lowest BCUT2D eigenvalue weighted by Gasteiger charge is -2.26. The fraction of sp³-hybridized carbons (Fsp3) is 0.389. The number of fused-ring (bicyclic) bond motifs is 1. The number of nitrogens with zero attached hydrogens (tertiary/aromatic N) is 2. The van der Waals surface area contributed by atoms with E-state index in [0.717, 1.165) is 5.39 Å². The van der Waals surface area contributed by atoms with E-state index >= 15 is 0 Å². The van der Waals surface area contributed by atoms with Crippen LogP contribution in [-0.2, 0) is 20.9 Å². The predicted octanol–water partition coefficient (Wildman–Crippen LogP) is 0.367. The molecule has 132 valence electrons. The first kappa shape index (κ1) is 17.2. The Bertz CT molecular complexity index is 824. The third kappa shape index (κ3) is 4.24. The summed E-state index contributed by atoms with van der Waals surface area (Å²) in [6.07, 6.45) is 1.86. The molecular weight excluding hydrogens is 322 g/mol. The molecule has 1 aliphatic rings.